The molecule has 0 atom stereocenters. The van der Waals surface area contributed by atoms with E-state index in [1.54, 1.807) is 18.2 Å². The number of fused-ring (bicyclic) bond motifs is 1. The Morgan fingerprint density at radius 1 is 1.22 bits per heavy atom. The molecule has 0 N–H and O–H groups in total. The first kappa shape index (κ1) is 14.9. The number of halogens is 1. The maximum Gasteiger partial charge on any atom is 0.304 e. The highest BCUT2D eigenvalue weighted by atomic mass is 35.5. The van der Waals surface area contributed by atoms with Crippen LogP contribution in [0.2, 0.25) is 5.02 Å². The predicted octanol–water partition coefficient (Wildman–Crippen LogP) is 1.74. The maximum atomic E-state index is 11.4. The Morgan fingerprint density at radius 3 is 2.61 bits per heavy atom. The van der Waals surface area contributed by atoms with Crippen molar-refractivity contribution in [3.8, 4) is 0 Å². The zero-order valence-electron chi connectivity index (χ0n) is 11.4. The van der Waals surface area contributed by atoms with Crippen molar-refractivity contribution < 1.29 is 19.5 Å². The maximum absolute atomic E-state index is 11.4. The Labute approximate surface area is 133 Å². The van der Waals surface area contributed by atoms with Crippen LogP contribution in [0.15, 0.2) is 35.0 Å². The molecule has 0 unspecified atom stereocenters. The van der Waals surface area contributed by atoms with E-state index in [0.717, 1.165) is 0 Å². The Morgan fingerprint density at radius 2 is 1.91 bits per heavy atom. The third kappa shape index (κ3) is 2.59. The van der Waals surface area contributed by atoms with Gasteiger partial charge in [-0.2, -0.15) is 0 Å². The Kier molecular flexibility index (Phi) is 3.67. The predicted molar refractivity (Wildman–Crippen MR) is 77.0 cm³/mol. The fourth-order valence-electron chi connectivity index (χ4n) is 2.36. The number of hydrogen-bond acceptors (Lipinski definition) is 7. The van der Waals surface area contributed by atoms with Crippen LogP contribution >= 0.6 is 11.6 Å². The highest BCUT2D eigenvalue weighted by Gasteiger charge is 2.25. The van der Waals surface area contributed by atoms with Crippen LogP contribution in [-0.2, 0) is 6.42 Å². The van der Waals surface area contributed by atoms with Gasteiger partial charge in [0.15, 0.2) is 5.52 Å². The number of carbonyl (C=O) groups is 1. The standard InChI is InChI=1S/C14H8ClN3O5/c15-10-6-8(5-7-3-1-2-4-9(7)14(19)20)13(18(21)22)12-11(10)16-23-17-12/h1-4,6H,5H2,(H,19,20)/p-1. The Bertz CT molecular complexity index is 937. The van der Waals surface area contributed by atoms with Gasteiger partial charge in [0.25, 0.3) is 0 Å². The van der Waals surface area contributed by atoms with Crippen LogP contribution < -0.4 is 5.11 Å². The van der Waals surface area contributed by atoms with Crippen molar-refractivity contribution in [3.05, 3.63) is 62.2 Å². The third-order valence-corrected chi connectivity index (χ3v) is 3.63. The lowest BCUT2D eigenvalue weighted by atomic mass is 9.98. The first-order chi connectivity index (χ1) is 11.0. The summed E-state index contributed by atoms with van der Waals surface area (Å²) in [6.45, 7) is 0. The van der Waals surface area contributed by atoms with Gasteiger partial charge in [0.2, 0.25) is 5.52 Å². The molecule has 0 radical (unpaired) electrons. The minimum absolute atomic E-state index is 0.0248. The first-order valence-corrected chi connectivity index (χ1v) is 6.74. The summed E-state index contributed by atoms with van der Waals surface area (Å²) in [7, 11) is 0. The number of carbonyl (C=O) groups excluding carboxylic acids is 1. The van der Waals surface area contributed by atoms with Gasteiger partial charge in [0.05, 0.1) is 15.9 Å². The zero-order chi connectivity index (χ0) is 16.6. The summed E-state index contributed by atoms with van der Waals surface area (Å²) < 4.78 is 4.51. The van der Waals surface area contributed by atoms with Crippen molar-refractivity contribution in [1.82, 2.24) is 10.3 Å². The molecule has 0 spiro atoms. The largest absolute Gasteiger partial charge is 0.545 e. The summed E-state index contributed by atoms with van der Waals surface area (Å²) in [6.07, 6.45) is -0.0248. The lowest BCUT2D eigenvalue weighted by molar-refractivity contribution is -0.383. The molecule has 0 aliphatic rings. The van der Waals surface area contributed by atoms with Crippen molar-refractivity contribution in [3.63, 3.8) is 0 Å². The van der Waals surface area contributed by atoms with Gasteiger partial charge in [-0.1, -0.05) is 35.9 Å². The summed E-state index contributed by atoms with van der Waals surface area (Å²) in [5, 5.41) is 29.7. The quantitative estimate of drug-likeness (QED) is 0.526. The fourth-order valence-corrected chi connectivity index (χ4v) is 2.62. The molecule has 0 saturated carbocycles. The number of aromatic nitrogens is 2. The number of carboxylic acid groups (broad SMARTS) is 1. The average Bonchev–Trinajstić information content (AvgIpc) is 2.97. The van der Waals surface area contributed by atoms with Gasteiger partial charge in [-0.25, -0.2) is 4.63 Å². The molecule has 3 rings (SSSR count). The lowest BCUT2D eigenvalue weighted by Crippen LogP contribution is -2.23. The van der Waals surface area contributed by atoms with E-state index in [2.05, 4.69) is 14.9 Å². The molecule has 0 bridgehead atoms. The highest BCUT2D eigenvalue weighted by molar-refractivity contribution is 6.35. The molecular weight excluding hydrogens is 326 g/mol. The van der Waals surface area contributed by atoms with Gasteiger partial charge in [-0.05, 0) is 21.9 Å². The molecule has 0 fully saturated rings. The van der Waals surface area contributed by atoms with Crippen molar-refractivity contribution in [2.75, 3.05) is 0 Å². The van der Waals surface area contributed by atoms with Crippen LogP contribution in [0.4, 0.5) is 5.69 Å². The fraction of sp³-hybridized carbons (Fsp3) is 0.0714. The molecule has 116 valence electrons. The minimum Gasteiger partial charge on any atom is -0.545 e. The molecule has 3 aromatic rings. The highest BCUT2D eigenvalue weighted by Crippen LogP contribution is 2.34. The first-order valence-electron chi connectivity index (χ1n) is 6.36. The van der Waals surface area contributed by atoms with Crippen LogP contribution in [0.5, 0.6) is 0 Å². The molecule has 1 heterocycles. The minimum atomic E-state index is -1.36. The summed E-state index contributed by atoms with van der Waals surface area (Å²) in [4.78, 5) is 21.9. The number of carboxylic acids is 1. The number of nitrogens with zero attached hydrogens (tertiary/aromatic N) is 3. The van der Waals surface area contributed by atoms with Crippen LogP contribution in [0, 0.1) is 10.1 Å². The molecule has 0 aliphatic heterocycles. The summed E-state index contributed by atoms with van der Waals surface area (Å²) in [5.74, 6) is -1.36. The van der Waals surface area contributed by atoms with E-state index in [4.69, 9.17) is 11.6 Å². The van der Waals surface area contributed by atoms with Crippen LogP contribution in [0.1, 0.15) is 21.5 Å². The van der Waals surface area contributed by atoms with Crippen molar-refractivity contribution >= 4 is 34.3 Å². The summed E-state index contributed by atoms with van der Waals surface area (Å²) in [5.41, 5.74) is 0.202. The average molecular weight is 333 g/mol. The summed E-state index contributed by atoms with van der Waals surface area (Å²) in [6, 6.07) is 7.45. The smallest absolute Gasteiger partial charge is 0.304 e. The van der Waals surface area contributed by atoms with Gasteiger partial charge in [0.1, 0.15) is 0 Å². The van der Waals surface area contributed by atoms with E-state index in [9.17, 15) is 20.0 Å². The van der Waals surface area contributed by atoms with E-state index in [1.165, 1.54) is 12.1 Å². The Hall–Kier alpha value is -3.00. The van der Waals surface area contributed by atoms with Gasteiger partial charge in [0, 0.05) is 17.5 Å². The van der Waals surface area contributed by atoms with Crippen molar-refractivity contribution in [1.29, 1.82) is 0 Å². The molecule has 9 heteroatoms. The normalized spacial score (nSPS) is 10.8. The Balaban J connectivity index is 2.19. The number of nitro benzene ring substituents is 1. The van der Waals surface area contributed by atoms with E-state index < -0.39 is 10.9 Å². The molecule has 0 aliphatic carbocycles. The van der Waals surface area contributed by atoms with Gasteiger partial charge < -0.3 is 9.90 Å². The SMILES string of the molecule is O=C([O-])c1ccccc1Cc1cc(Cl)c2nonc2c1[N+](=O)[O-]. The van der Waals surface area contributed by atoms with Gasteiger partial charge in [-0.15, -0.1) is 0 Å². The van der Waals surface area contributed by atoms with Crippen LogP contribution in [-0.4, -0.2) is 21.2 Å². The van der Waals surface area contributed by atoms with E-state index in [1.807, 2.05) is 0 Å². The summed E-state index contributed by atoms with van der Waals surface area (Å²) >= 11 is 6.04. The van der Waals surface area contributed by atoms with E-state index >= 15 is 0 Å². The second-order valence-corrected chi connectivity index (χ2v) is 5.11. The van der Waals surface area contributed by atoms with E-state index in [-0.39, 0.29) is 39.3 Å². The molecular formula is C14H7ClN3O5-. The number of aromatic carboxylic acids is 1. The number of hydrogen-bond donors (Lipinski definition) is 0. The molecule has 0 saturated heterocycles. The molecule has 0 amide bonds. The van der Waals surface area contributed by atoms with Crippen molar-refractivity contribution in [2.24, 2.45) is 0 Å². The number of benzene rings is 2. The second kappa shape index (κ2) is 5.65. The number of rotatable bonds is 4. The van der Waals surface area contributed by atoms with Crippen molar-refractivity contribution in [2.45, 2.75) is 6.42 Å². The van der Waals surface area contributed by atoms with Gasteiger partial charge >= 0.3 is 5.69 Å². The topological polar surface area (TPSA) is 122 Å². The lowest BCUT2D eigenvalue weighted by Gasteiger charge is -2.10. The number of nitro groups is 1. The third-order valence-electron chi connectivity index (χ3n) is 3.34. The molecule has 8 nitrogen and oxygen atoms in total. The molecule has 1 aromatic heterocycles. The van der Waals surface area contributed by atoms with E-state index in [0.29, 0.717) is 5.56 Å². The second-order valence-electron chi connectivity index (χ2n) is 4.71. The van der Waals surface area contributed by atoms with Gasteiger partial charge in [-0.3, -0.25) is 10.1 Å². The van der Waals surface area contributed by atoms with Crippen LogP contribution in [0.25, 0.3) is 11.0 Å². The monoisotopic (exact) mass is 332 g/mol. The zero-order valence-corrected chi connectivity index (χ0v) is 12.1. The molecule has 2 aromatic carbocycles. The van der Waals surface area contributed by atoms with Crippen LogP contribution in [0.3, 0.4) is 0 Å². The molecule has 23 heavy (non-hydrogen) atoms.